The van der Waals surface area contributed by atoms with E-state index >= 15 is 0 Å². The van der Waals surface area contributed by atoms with E-state index in [9.17, 15) is 4.79 Å². The maximum Gasteiger partial charge on any atom is 0.226 e. The maximum atomic E-state index is 10.9. The Hall–Kier alpha value is -1.34. The van der Waals surface area contributed by atoms with E-state index in [1.807, 2.05) is 12.1 Å². The third-order valence-electron chi connectivity index (χ3n) is 2.85. The molecule has 0 saturated heterocycles. The average Bonchev–Trinajstić information content (AvgIpc) is 2.29. The lowest BCUT2D eigenvalue weighted by Crippen LogP contribution is -1.93. The minimum Gasteiger partial charge on any atom is -0.281 e. The molecule has 0 aromatic heterocycles. The van der Waals surface area contributed by atoms with Crippen LogP contribution in [0.3, 0.4) is 0 Å². The summed E-state index contributed by atoms with van der Waals surface area (Å²) in [6.45, 7) is 2.18. The number of carbonyl (C=O) groups is 1. The Labute approximate surface area is 106 Å². The molecule has 2 heteroatoms. The standard InChI is InChI=1S/C15H15ClO/c1-2-3-11-4-6-14-9-12(10-15(16)17)5-7-13(14)8-11/h4-9H,2-3,10H2,1H3. The molecule has 1 nitrogen and oxygen atoms in total. The van der Waals surface area contributed by atoms with E-state index in [0.29, 0.717) is 6.42 Å². The minimum absolute atomic E-state index is 0.300. The molecular formula is C15H15ClO. The lowest BCUT2D eigenvalue weighted by atomic mass is 10.0. The fraction of sp³-hybridized carbons (Fsp3) is 0.267. The molecule has 2 aromatic carbocycles. The highest BCUT2D eigenvalue weighted by molar-refractivity contribution is 6.63. The topological polar surface area (TPSA) is 17.1 Å². The van der Waals surface area contributed by atoms with E-state index in [2.05, 4.69) is 31.2 Å². The zero-order chi connectivity index (χ0) is 12.3. The zero-order valence-electron chi connectivity index (χ0n) is 9.87. The van der Waals surface area contributed by atoms with Crippen LogP contribution in [-0.2, 0) is 17.6 Å². The van der Waals surface area contributed by atoms with Crippen LogP contribution in [0.1, 0.15) is 24.5 Å². The number of fused-ring (bicyclic) bond motifs is 1. The van der Waals surface area contributed by atoms with Gasteiger partial charge in [0, 0.05) is 6.42 Å². The van der Waals surface area contributed by atoms with Crippen molar-refractivity contribution in [2.75, 3.05) is 0 Å². The van der Waals surface area contributed by atoms with E-state index in [-0.39, 0.29) is 5.24 Å². The van der Waals surface area contributed by atoms with Crippen LogP contribution in [0.25, 0.3) is 10.8 Å². The van der Waals surface area contributed by atoms with Crippen LogP contribution in [0, 0.1) is 0 Å². The molecule has 0 aliphatic rings. The third kappa shape index (κ3) is 3.07. The summed E-state index contributed by atoms with van der Waals surface area (Å²) >= 11 is 5.39. The maximum absolute atomic E-state index is 10.9. The monoisotopic (exact) mass is 246 g/mol. The molecule has 17 heavy (non-hydrogen) atoms. The second kappa shape index (κ2) is 5.33. The summed E-state index contributed by atoms with van der Waals surface area (Å²) in [6.07, 6.45) is 2.57. The Morgan fingerprint density at radius 3 is 2.24 bits per heavy atom. The summed E-state index contributed by atoms with van der Waals surface area (Å²) in [6, 6.07) is 12.5. The summed E-state index contributed by atoms with van der Waals surface area (Å²) in [5, 5.41) is 2.08. The third-order valence-corrected chi connectivity index (χ3v) is 2.98. The fourth-order valence-electron chi connectivity index (χ4n) is 2.06. The number of carbonyl (C=O) groups excluding carboxylic acids is 1. The van der Waals surface area contributed by atoms with Gasteiger partial charge < -0.3 is 0 Å². The molecule has 0 atom stereocenters. The molecule has 88 valence electrons. The Kier molecular flexibility index (Phi) is 3.80. The molecule has 0 radical (unpaired) electrons. The Morgan fingerprint density at radius 2 is 1.65 bits per heavy atom. The number of hydrogen-bond acceptors (Lipinski definition) is 1. The summed E-state index contributed by atoms with van der Waals surface area (Å²) in [5.74, 6) is 0. The van der Waals surface area contributed by atoms with Crippen LogP contribution in [-0.4, -0.2) is 5.24 Å². The first kappa shape index (κ1) is 12.1. The smallest absolute Gasteiger partial charge is 0.226 e. The fourth-order valence-corrected chi connectivity index (χ4v) is 2.21. The van der Waals surface area contributed by atoms with Gasteiger partial charge in [0.25, 0.3) is 0 Å². The van der Waals surface area contributed by atoms with Crippen molar-refractivity contribution in [1.82, 2.24) is 0 Å². The Morgan fingerprint density at radius 1 is 1.06 bits per heavy atom. The molecule has 2 rings (SSSR count). The van der Waals surface area contributed by atoms with Gasteiger partial charge >= 0.3 is 0 Å². The SMILES string of the molecule is CCCc1ccc2cc(CC(=O)Cl)ccc2c1. The molecule has 0 amide bonds. The molecular weight excluding hydrogens is 232 g/mol. The van der Waals surface area contributed by atoms with Crippen molar-refractivity contribution in [2.45, 2.75) is 26.2 Å². The van der Waals surface area contributed by atoms with Crippen molar-refractivity contribution in [3.05, 3.63) is 47.5 Å². The molecule has 0 N–H and O–H groups in total. The van der Waals surface area contributed by atoms with Crippen molar-refractivity contribution >= 4 is 27.6 Å². The van der Waals surface area contributed by atoms with Gasteiger partial charge in [-0.1, -0.05) is 49.7 Å². The molecule has 0 fully saturated rings. The van der Waals surface area contributed by atoms with Crippen LogP contribution < -0.4 is 0 Å². The summed E-state index contributed by atoms with van der Waals surface area (Å²) in [4.78, 5) is 10.9. The number of halogens is 1. The molecule has 0 heterocycles. The largest absolute Gasteiger partial charge is 0.281 e. The molecule has 0 aliphatic carbocycles. The average molecular weight is 247 g/mol. The summed E-state index contributed by atoms with van der Waals surface area (Å²) in [5.41, 5.74) is 2.34. The molecule has 0 spiro atoms. The van der Waals surface area contributed by atoms with Crippen LogP contribution in [0.15, 0.2) is 36.4 Å². The zero-order valence-corrected chi connectivity index (χ0v) is 10.6. The van der Waals surface area contributed by atoms with Crippen molar-refractivity contribution < 1.29 is 4.79 Å². The highest BCUT2D eigenvalue weighted by Gasteiger charge is 2.02. The highest BCUT2D eigenvalue weighted by Crippen LogP contribution is 2.19. The van der Waals surface area contributed by atoms with Crippen LogP contribution in [0.5, 0.6) is 0 Å². The van der Waals surface area contributed by atoms with E-state index in [0.717, 1.165) is 18.4 Å². The number of hydrogen-bond donors (Lipinski definition) is 0. The first-order valence-corrected chi connectivity index (χ1v) is 6.26. The first-order valence-electron chi connectivity index (χ1n) is 5.89. The predicted octanol–water partition coefficient (Wildman–Crippen LogP) is 4.10. The van der Waals surface area contributed by atoms with Gasteiger partial charge in [-0.05, 0) is 39.9 Å². The van der Waals surface area contributed by atoms with E-state index in [1.54, 1.807) is 0 Å². The van der Waals surface area contributed by atoms with Crippen LogP contribution in [0.4, 0.5) is 0 Å². The summed E-state index contributed by atoms with van der Waals surface area (Å²) in [7, 11) is 0. The van der Waals surface area contributed by atoms with Crippen LogP contribution >= 0.6 is 11.6 Å². The second-order valence-electron chi connectivity index (χ2n) is 4.30. The van der Waals surface area contributed by atoms with E-state index < -0.39 is 0 Å². The second-order valence-corrected chi connectivity index (χ2v) is 4.72. The first-order chi connectivity index (χ1) is 8.19. The molecule has 0 saturated carbocycles. The molecule has 0 aliphatic heterocycles. The Balaban J connectivity index is 2.36. The van der Waals surface area contributed by atoms with Gasteiger partial charge in [0.1, 0.15) is 0 Å². The van der Waals surface area contributed by atoms with Gasteiger partial charge in [-0.2, -0.15) is 0 Å². The number of aryl methyl sites for hydroxylation is 1. The molecule has 0 bridgehead atoms. The van der Waals surface area contributed by atoms with Crippen LogP contribution in [0.2, 0.25) is 0 Å². The Bertz CT molecular complexity index is 546. The number of benzene rings is 2. The van der Waals surface area contributed by atoms with E-state index in [1.165, 1.54) is 16.3 Å². The van der Waals surface area contributed by atoms with Crippen molar-refractivity contribution in [3.63, 3.8) is 0 Å². The van der Waals surface area contributed by atoms with Gasteiger partial charge in [0.15, 0.2) is 0 Å². The predicted molar refractivity (Wildman–Crippen MR) is 72.5 cm³/mol. The van der Waals surface area contributed by atoms with Gasteiger partial charge in [-0.15, -0.1) is 0 Å². The van der Waals surface area contributed by atoms with Crippen molar-refractivity contribution in [1.29, 1.82) is 0 Å². The lowest BCUT2D eigenvalue weighted by molar-refractivity contribution is -0.111. The quantitative estimate of drug-likeness (QED) is 0.743. The highest BCUT2D eigenvalue weighted by atomic mass is 35.5. The van der Waals surface area contributed by atoms with Gasteiger partial charge in [0.2, 0.25) is 5.24 Å². The molecule has 0 unspecified atom stereocenters. The van der Waals surface area contributed by atoms with Crippen molar-refractivity contribution in [3.8, 4) is 0 Å². The number of rotatable bonds is 4. The minimum atomic E-state index is -0.313. The lowest BCUT2D eigenvalue weighted by Gasteiger charge is -2.04. The summed E-state index contributed by atoms with van der Waals surface area (Å²) < 4.78 is 0. The molecule has 2 aromatic rings. The van der Waals surface area contributed by atoms with Gasteiger partial charge in [-0.25, -0.2) is 0 Å². The van der Waals surface area contributed by atoms with Crippen molar-refractivity contribution in [2.24, 2.45) is 0 Å². The van der Waals surface area contributed by atoms with Gasteiger partial charge in [0.05, 0.1) is 0 Å². The van der Waals surface area contributed by atoms with E-state index in [4.69, 9.17) is 11.6 Å². The van der Waals surface area contributed by atoms with Gasteiger partial charge in [-0.3, -0.25) is 4.79 Å². The normalized spacial score (nSPS) is 10.7.